The van der Waals surface area contributed by atoms with E-state index in [1.807, 2.05) is 86.6 Å². The zero-order valence-electron chi connectivity index (χ0n) is 21.2. The van der Waals surface area contributed by atoms with Gasteiger partial charge in [-0.25, -0.2) is 15.4 Å². The number of methoxy groups -OCH3 is 1. The van der Waals surface area contributed by atoms with Crippen LogP contribution >= 0.6 is 11.6 Å². The van der Waals surface area contributed by atoms with Crippen LogP contribution in [0.5, 0.6) is 5.75 Å². The second-order valence-electron chi connectivity index (χ2n) is 8.98. The van der Waals surface area contributed by atoms with E-state index in [0.29, 0.717) is 28.3 Å². The SMILES string of the molecule is COc1ccc2nc(Cl)c(/C=N/NC(=O)c3cc(-c4ccc(C)cc4)nc(-c4ccc(C)cc4)c3)cc2c1. The number of carbonyl (C=O) groups is 1. The molecule has 5 rings (SSSR count). The van der Waals surface area contributed by atoms with Crippen LogP contribution in [0.25, 0.3) is 33.4 Å². The number of hydrogen-bond acceptors (Lipinski definition) is 5. The van der Waals surface area contributed by atoms with E-state index in [1.54, 1.807) is 19.2 Å². The smallest absolute Gasteiger partial charge is 0.271 e. The normalized spacial score (nSPS) is 11.2. The monoisotopic (exact) mass is 520 g/mol. The summed E-state index contributed by atoms with van der Waals surface area (Å²) in [7, 11) is 1.61. The second kappa shape index (κ2) is 10.8. The number of aryl methyl sites for hydroxylation is 2. The number of ether oxygens (including phenoxy) is 1. The van der Waals surface area contributed by atoms with Crippen molar-refractivity contribution in [1.29, 1.82) is 0 Å². The van der Waals surface area contributed by atoms with Gasteiger partial charge in [-0.1, -0.05) is 71.3 Å². The topological polar surface area (TPSA) is 76.5 Å². The van der Waals surface area contributed by atoms with Crippen molar-refractivity contribution in [2.24, 2.45) is 5.10 Å². The first kappa shape index (κ1) is 25.1. The maximum Gasteiger partial charge on any atom is 0.271 e. The Hall–Kier alpha value is -4.55. The molecule has 3 aromatic carbocycles. The van der Waals surface area contributed by atoms with E-state index in [0.717, 1.165) is 33.2 Å². The predicted octanol–water partition coefficient (Wildman–Crippen LogP) is 7.01. The number of rotatable bonds is 6. The number of carbonyl (C=O) groups excluding carboxylic acids is 1. The van der Waals surface area contributed by atoms with E-state index < -0.39 is 0 Å². The molecule has 0 aliphatic heterocycles. The van der Waals surface area contributed by atoms with E-state index in [2.05, 4.69) is 15.5 Å². The number of aromatic nitrogens is 2. The molecular formula is C31H25ClN4O2. The average molecular weight is 521 g/mol. The lowest BCUT2D eigenvalue weighted by molar-refractivity contribution is 0.0955. The maximum atomic E-state index is 13.2. The molecule has 1 amide bonds. The Kier molecular flexibility index (Phi) is 7.15. The Labute approximate surface area is 226 Å². The highest BCUT2D eigenvalue weighted by Gasteiger charge is 2.13. The molecule has 2 aromatic heterocycles. The Bertz CT molecular complexity index is 1600. The van der Waals surface area contributed by atoms with Crippen LogP contribution in [-0.2, 0) is 0 Å². The van der Waals surface area contributed by atoms with Crippen LogP contribution in [0, 0.1) is 13.8 Å². The highest BCUT2D eigenvalue weighted by molar-refractivity contribution is 6.32. The fourth-order valence-corrected chi connectivity index (χ4v) is 4.19. The molecule has 0 radical (unpaired) electrons. The number of amides is 1. The molecule has 0 atom stereocenters. The fraction of sp³-hybridized carbons (Fsp3) is 0.0968. The van der Waals surface area contributed by atoms with Crippen LogP contribution in [0.2, 0.25) is 5.15 Å². The third-order valence-electron chi connectivity index (χ3n) is 6.15. The van der Waals surface area contributed by atoms with Crippen molar-refractivity contribution in [3.8, 4) is 28.3 Å². The van der Waals surface area contributed by atoms with Crippen molar-refractivity contribution < 1.29 is 9.53 Å². The highest BCUT2D eigenvalue weighted by atomic mass is 35.5. The molecule has 2 heterocycles. The number of benzene rings is 3. The first-order valence-electron chi connectivity index (χ1n) is 12.0. The number of hydrogen-bond donors (Lipinski definition) is 1. The lowest BCUT2D eigenvalue weighted by Crippen LogP contribution is -2.18. The third-order valence-corrected chi connectivity index (χ3v) is 6.46. The van der Waals surface area contributed by atoms with Crippen molar-refractivity contribution in [2.75, 3.05) is 7.11 Å². The zero-order valence-corrected chi connectivity index (χ0v) is 22.0. The summed E-state index contributed by atoms with van der Waals surface area (Å²) in [4.78, 5) is 22.4. The van der Waals surface area contributed by atoms with Gasteiger partial charge in [-0.05, 0) is 50.2 Å². The molecule has 0 spiro atoms. The van der Waals surface area contributed by atoms with E-state index in [-0.39, 0.29) is 11.1 Å². The largest absolute Gasteiger partial charge is 0.497 e. The Morgan fingerprint density at radius 1 is 0.842 bits per heavy atom. The van der Waals surface area contributed by atoms with Gasteiger partial charge in [0.05, 0.1) is 30.2 Å². The summed E-state index contributed by atoms with van der Waals surface area (Å²) in [5.41, 5.74) is 9.91. The van der Waals surface area contributed by atoms with Gasteiger partial charge < -0.3 is 4.74 Å². The Balaban J connectivity index is 1.45. The van der Waals surface area contributed by atoms with Gasteiger partial charge in [0.1, 0.15) is 10.9 Å². The number of fused-ring (bicyclic) bond motifs is 1. The van der Waals surface area contributed by atoms with Crippen molar-refractivity contribution in [2.45, 2.75) is 13.8 Å². The van der Waals surface area contributed by atoms with Gasteiger partial charge in [-0.15, -0.1) is 0 Å². The molecule has 0 bridgehead atoms. The van der Waals surface area contributed by atoms with E-state index in [9.17, 15) is 4.79 Å². The predicted molar refractivity (Wildman–Crippen MR) is 153 cm³/mol. The standard InChI is InChI=1S/C31H25ClN4O2/c1-19-4-8-21(9-5-19)28-16-24(17-29(34-28)22-10-6-20(2)7-11-22)31(37)36-33-18-25-14-23-15-26(38-3)12-13-27(23)35-30(25)32/h4-18H,1-3H3,(H,36,37)/b33-18+. The van der Waals surface area contributed by atoms with Crippen LogP contribution < -0.4 is 10.2 Å². The molecule has 0 unspecified atom stereocenters. The second-order valence-corrected chi connectivity index (χ2v) is 9.34. The van der Waals surface area contributed by atoms with E-state index in [1.165, 1.54) is 6.21 Å². The molecule has 0 saturated carbocycles. The van der Waals surface area contributed by atoms with Crippen molar-refractivity contribution in [1.82, 2.24) is 15.4 Å². The highest BCUT2D eigenvalue weighted by Crippen LogP contribution is 2.26. The number of pyridine rings is 2. The van der Waals surface area contributed by atoms with E-state index >= 15 is 0 Å². The van der Waals surface area contributed by atoms with Crippen LogP contribution in [0.4, 0.5) is 0 Å². The maximum absolute atomic E-state index is 13.2. The number of nitrogens with zero attached hydrogens (tertiary/aromatic N) is 3. The molecule has 7 heteroatoms. The summed E-state index contributed by atoms with van der Waals surface area (Å²) < 4.78 is 5.29. The summed E-state index contributed by atoms with van der Waals surface area (Å²) in [6.07, 6.45) is 1.48. The lowest BCUT2D eigenvalue weighted by atomic mass is 10.0. The molecule has 0 aliphatic carbocycles. The number of nitrogens with one attached hydrogen (secondary N) is 1. The van der Waals surface area contributed by atoms with E-state index in [4.69, 9.17) is 21.3 Å². The Morgan fingerprint density at radius 3 is 2.03 bits per heavy atom. The van der Waals surface area contributed by atoms with Gasteiger partial charge in [0, 0.05) is 27.6 Å². The summed E-state index contributed by atoms with van der Waals surface area (Å²) in [6, 6.07) is 27.0. The van der Waals surface area contributed by atoms with Crippen molar-refractivity contribution in [3.05, 3.63) is 112 Å². The summed E-state index contributed by atoms with van der Waals surface area (Å²) in [6.45, 7) is 4.06. The van der Waals surface area contributed by atoms with Crippen molar-refractivity contribution in [3.63, 3.8) is 0 Å². The summed E-state index contributed by atoms with van der Waals surface area (Å²) >= 11 is 6.35. The molecule has 0 saturated heterocycles. The van der Waals surface area contributed by atoms with Crippen LogP contribution in [0.3, 0.4) is 0 Å². The molecule has 38 heavy (non-hydrogen) atoms. The third kappa shape index (κ3) is 5.56. The first-order chi connectivity index (χ1) is 18.4. The van der Waals surface area contributed by atoms with Crippen LogP contribution in [0.1, 0.15) is 27.0 Å². The minimum atomic E-state index is -0.364. The molecule has 6 nitrogen and oxygen atoms in total. The minimum Gasteiger partial charge on any atom is -0.497 e. The zero-order chi connectivity index (χ0) is 26.6. The number of halogens is 1. The van der Waals surface area contributed by atoms with Gasteiger partial charge in [-0.2, -0.15) is 5.10 Å². The van der Waals surface area contributed by atoms with Crippen LogP contribution in [0.15, 0.2) is 90.0 Å². The van der Waals surface area contributed by atoms with Crippen LogP contribution in [-0.4, -0.2) is 29.2 Å². The fourth-order valence-electron chi connectivity index (χ4n) is 4.00. The molecule has 0 aliphatic rings. The average Bonchev–Trinajstić information content (AvgIpc) is 2.93. The summed E-state index contributed by atoms with van der Waals surface area (Å²) in [5, 5.41) is 5.29. The van der Waals surface area contributed by atoms with Gasteiger partial charge in [0.15, 0.2) is 0 Å². The molecule has 1 N–H and O–H groups in total. The van der Waals surface area contributed by atoms with Gasteiger partial charge in [0.2, 0.25) is 0 Å². The lowest BCUT2D eigenvalue weighted by Gasteiger charge is -2.10. The first-order valence-corrected chi connectivity index (χ1v) is 12.4. The minimum absolute atomic E-state index is 0.285. The van der Waals surface area contributed by atoms with Gasteiger partial charge in [0.25, 0.3) is 5.91 Å². The number of hydrazone groups is 1. The van der Waals surface area contributed by atoms with Gasteiger partial charge in [-0.3, -0.25) is 4.79 Å². The molecule has 188 valence electrons. The summed E-state index contributed by atoms with van der Waals surface area (Å²) in [5.74, 6) is 0.348. The quantitative estimate of drug-likeness (QED) is 0.148. The molecule has 0 fully saturated rings. The van der Waals surface area contributed by atoms with Gasteiger partial charge >= 0.3 is 0 Å². The van der Waals surface area contributed by atoms with Crippen molar-refractivity contribution >= 4 is 34.6 Å². The molecule has 5 aromatic rings. The molecular weight excluding hydrogens is 496 g/mol. The Morgan fingerprint density at radius 2 is 1.45 bits per heavy atom.